The maximum absolute atomic E-state index is 12.1. The zero-order valence-corrected chi connectivity index (χ0v) is 10.4. The second kappa shape index (κ2) is 5.25. The molecule has 1 atom stereocenters. The number of carbonyl (C=O) groups excluding carboxylic acids is 1. The van der Waals surface area contributed by atoms with E-state index in [4.69, 9.17) is 9.52 Å². The van der Waals surface area contributed by atoms with Crippen molar-refractivity contribution < 1.29 is 19.1 Å². The summed E-state index contributed by atoms with van der Waals surface area (Å²) in [6.45, 7) is 3.57. The Hall–Kier alpha value is -1.78. The van der Waals surface area contributed by atoms with E-state index in [2.05, 4.69) is 6.92 Å². The van der Waals surface area contributed by atoms with Gasteiger partial charge in [0.1, 0.15) is 0 Å². The van der Waals surface area contributed by atoms with Crippen LogP contribution in [0.4, 0.5) is 0 Å². The van der Waals surface area contributed by atoms with E-state index in [1.165, 1.54) is 12.1 Å². The van der Waals surface area contributed by atoms with Crippen LogP contribution in [0.1, 0.15) is 47.3 Å². The minimum absolute atomic E-state index is 0.115. The molecule has 1 saturated heterocycles. The third kappa shape index (κ3) is 2.55. The first-order valence-corrected chi connectivity index (χ1v) is 6.24. The summed E-state index contributed by atoms with van der Waals surface area (Å²) in [5.74, 6) is -0.900. The average molecular weight is 251 g/mol. The van der Waals surface area contributed by atoms with E-state index in [-0.39, 0.29) is 17.4 Å². The van der Waals surface area contributed by atoms with Crippen molar-refractivity contribution in [3.8, 4) is 0 Å². The van der Waals surface area contributed by atoms with Crippen LogP contribution in [0.2, 0.25) is 0 Å². The van der Waals surface area contributed by atoms with Crippen LogP contribution >= 0.6 is 0 Å². The molecule has 0 saturated carbocycles. The molecule has 1 aromatic rings. The van der Waals surface area contributed by atoms with Gasteiger partial charge in [-0.15, -0.1) is 0 Å². The highest BCUT2D eigenvalue weighted by Crippen LogP contribution is 2.21. The van der Waals surface area contributed by atoms with Gasteiger partial charge >= 0.3 is 5.97 Å². The molecule has 1 unspecified atom stereocenters. The first-order chi connectivity index (χ1) is 8.61. The van der Waals surface area contributed by atoms with E-state index >= 15 is 0 Å². The average Bonchev–Trinajstić information content (AvgIpc) is 2.87. The number of hydrogen-bond donors (Lipinski definition) is 1. The Kier molecular flexibility index (Phi) is 3.69. The highest BCUT2D eigenvalue weighted by Gasteiger charge is 2.25. The number of nitrogens with zero attached hydrogens (tertiary/aromatic N) is 1. The Morgan fingerprint density at radius 3 is 2.78 bits per heavy atom. The van der Waals surface area contributed by atoms with Crippen LogP contribution in [0.15, 0.2) is 16.5 Å². The van der Waals surface area contributed by atoms with Gasteiger partial charge in [-0.2, -0.15) is 0 Å². The van der Waals surface area contributed by atoms with Crippen LogP contribution in [0.5, 0.6) is 0 Å². The Morgan fingerprint density at radius 2 is 2.17 bits per heavy atom. The molecule has 1 amide bonds. The van der Waals surface area contributed by atoms with Crippen LogP contribution in [0.25, 0.3) is 0 Å². The summed E-state index contributed by atoms with van der Waals surface area (Å²) in [6, 6.07) is 2.75. The van der Waals surface area contributed by atoms with Crippen molar-refractivity contribution in [2.75, 3.05) is 13.1 Å². The lowest BCUT2D eigenvalue weighted by Crippen LogP contribution is -2.39. The number of likely N-dealkylation sites (tertiary alicyclic amines) is 1. The van der Waals surface area contributed by atoms with Crippen molar-refractivity contribution in [3.63, 3.8) is 0 Å². The predicted molar refractivity (Wildman–Crippen MR) is 64.6 cm³/mol. The van der Waals surface area contributed by atoms with Gasteiger partial charge in [0.25, 0.3) is 5.91 Å². The number of piperidine rings is 1. The van der Waals surface area contributed by atoms with E-state index in [0.717, 1.165) is 32.4 Å². The number of carbonyl (C=O) groups is 2. The number of amides is 1. The molecule has 1 aliphatic rings. The molecule has 1 N–H and O–H groups in total. The first-order valence-electron chi connectivity index (χ1n) is 6.24. The van der Waals surface area contributed by atoms with Gasteiger partial charge in [-0.3, -0.25) is 4.79 Å². The van der Waals surface area contributed by atoms with Crippen molar-refractivity contribution >= 4 is 11.9 Å². The molecule has 18 heavy (non-hydrogen) atoms. The van der Waals surface area contributed by atoms with E-state index in [1.54, 1.807) is 4.90 Å². The molecule has 0 aliphatic carbocycles. The minimum Gasteiger partial charge on any atom is -0.475 e. The Morgan fingerprint density at radius 1 is 1.44 bits per heavy atom. The van der Waals surface area contributed by atoms with Crippen molar-refractivity contribution in [3.05, 3.63) is 23.7 Å². The third-order valence-corrected chi connectivity index (χ3v) is 3.41. The largest absolute Gasteiger partial charge is 0.475 e. The van der Waals surface area contributed by atoms with Gasteiger partial charge in [-0.25, -0.2) is 4.79 Å². The van der Waals surface area contributed by atoms with Crippen LogP contribution in [0.3, 0.4) is 0 Å². The second-order valence-corrected chi connectivity index (χ2v) is 4.64. The summed E-state index contributed by atoms with van der Waals surface area (Å²) in [4.78, 5) is 24.6. The number of aromatic carboxylic acids is 1. The van der Waals surface area contributed by atoms with Crippen LogP contribution < -0.4 is 0 Å². The van der Waals surface area contributed by atoms with Gasteiger partial charge in [-0.1, -0.05) is 13.3 Å². The standard InChI is InChI=1S/C13H17NO4/c1-2-9-4-3-7-14(8-9)12(15)10-5-6-11(18-10)13(16)17/h5-6,9H,2-4,7-8H2,1H3,(H,16,17). The number of hydrogen-bond acceptors (Lipinski definition) is 3. The summed E-state index contributed by atoms with van der Waals surface area (Å²) >= 11 is 0. The highest BCUT2D eigenvalue weighted by molar-refractivity contribution is 5.93. The molecule has 98 valence electrons. The minimum atomic E-state index is -1.15. The lowest BCUT2D eigenvalue weighted by molar-refractivity contribution is 0.0617. The lowest BCUT2D eigenvalue weighted by atomic mass is 9.95. The fourth-order valence-electron chi connectivity index (χ4n) is 2.31. The van der Waals surface area contributed by atoms with Gasteiger partial charge in [-0.05, 0) is 30.9 Å². The van der Waals surface area contributed by atoms with Gasteiger partial charge < -0.3 is 14.4 Å². The summed E-state index contributed by atoms with van der Waals surface area (Å²) in [5.41, 5.74) is 0. The Bertz CT molecular complexity index is 452. The van der Waals surface area contributed by atoms with E-state index in [9.17, 15) is 9.59 Å². The Balaban J connectivity index is 2.07. The predicted octanol–water partition coefficient (Wildman–Crippen LogP) is 2.24. The van der Waals surface area contributed by atoms with Crippen molar-refractivity contribution in [2.45, 2.75) is 26.2 Å². The van der Waals surface area contributed by atoms with Gasteiger partial charge in [0, 0.05) is 13.1 Å². The zero-order valence-electron chi connectivity index (χ0n) is 10.4. The Labute approximate surface area is 105 Å². The normalized spacial score (nSPS) is 19.8. The molecular weight excluding hydrogens is 234 g/mol. The molecule has 5 nitrogen and oxygen atoms in total. The third-order valence-electron chi connectivity index (χ3n) is 3.41. The molecule has 0 spiro atoms. The molecule has 2 rings (SSSR count). The lowest BCUT2D eigenvalue weighted by Gasteiger charge is -2.31. The molecule has 1 aliphatic heterocycles. The van der Waals surface area contributed by atoms with Crippen molar-refractivity contribution in [1.82, 2.24) is 4.90 Å². The maximum Gasteiger partial charge on any atom is 0.371 e. The molecule has 5 heteroatoms. The number of rotatable bonds is 3. The van der Waals surface area contributed by atoms with Gasteiger partial charge in [0.2, 0.25) is 5.76 Å². The van der Waals surface area contributed by atoms with Crippen molar-refractivity contribution in [2.24, 2.45) is 5.92 Å². The molecular formula is C13H17NO4. The summed E-state index contributed by atoms with van der Waals surface area (Å²) in [5, 5.41) is 8.75. The fourth-order valence-corrected chi connectivity index (χ4v) is 2.31. The van der Waals surface area contributed by atoms with Gasteiger partial charge in [0.15, 0.2) is 5.76 Å². The van der Waals surface area contributed by atoms with E-state index in [0.29, 0.717) is 5.92 Å². The summed E-state index contributed by atoms with van der Waals surface area (Å²) in [6.07, 6.45) is 3.21. The van der Waals surface area contributed by atoms with Crippen molar-refractivity contribution in [1.29, 1.82) is 0 Å². The monoisotopic (exact) mass is 251 g/mol. The smallest absolute Gasteiger partial charge is 0.371 e. The van der Waals surface area contributed by atoms with Crippen LogP contribution in [-0.2, 0) is 0 Å². The maximum atomic E-state index is 12.1. The number of carboxylic acids is 1. The summed E-state index contributed by atoms with van der Waals surface area (Å²) < 4.78 is 5.04. The molecule has 0 bridgehead atoms. The molecule has 1 aromatic heterocycles. The quantitative estimate of drug-likeness (QED) is 0.894. The van der Waals surface area contributed by atoms with E-state index in [1.807, 2.05) is 0 Å². The molecule has 0 radical (unpaired) electrons. The fraction of sp³-hybridized carbons (Fsp3) is 0.538. The van der Waals surface area contributed by atoms with Gasteiger partial charge in [0.05, 0.1) is 0 Å². The second-order valence-electron chi connectivity index (χ2n) is 4.64. The van der Waals surface area contributed by atoms with Crippen LogP contribution in [-0.4, -0.2) is 35.0 Å². The number of carboxylic acid groups (broad SMARTS) is 1. The highest BCUT2D eigenvalue weighted by atomic mass is 16.4. The van der Waals surface area contributed by atoms with Crippen LogP contribution in [0, 0.1) is 5.92 Å². The zero-order chi connectivity index (χ0) is 13.1. The summed E-state index contributed by atoms with van der Waals surface area (Å²) in [7, 11) is 0. The topological polar surface area (TPSA) is 70.8 Å². The van der Waals surface area contributed by atoms with E-state index < -0.39 is 5.97 Å². The SMILES string of the molecule is CCC1CCCN(C(=O)c2ccc(C(=O)O)o2)C1. The molecule has 2 heterocycles. The molecule has 1 fully saturated rings. The first kappa shape index (κ1) is 12.7. The number of furan rings is 1. The molecule has 0 aromatic carbocycles.